The second kappa shape index (κ2) is 4.60. The molecule has 0 saturated heterocycles. The normalized spacial score (nSPS) is 12.8. The zero-order valence-electron chi connectivity index (χ0n) is 7.42. The fraction of sp³-hybridized carbons (Fsp3) is 0.333. The van der Waals surface area contributed by atoms with Gasteiger partial charge in [0.1, 0.15) is 0 Å². The third kappa shape index (κ3) is 2.43. The van der Waals surface area contributed by atoms with Gasteiger partial charge in [0.25, 0.3) is 0 Å². The molecule has 0 saturated carbocycles. The molecule has 0 heterocycles. The average Bonchev–Trinajstić information content (AvgIpc) is 2.13. The van der Waals surface area contributed by atoms with Crippen molar-refractivity contribution in [2.24, 2.45) is 0 Å². The Bertz CT molecular complexity index is 287. The number of aliphatic hydroxyl groups excluding tert-OH is 1. The molecular weight excluding hydrogens is 232 g/mol. The van der Waals surface area contributed by atoms with Gasteiger partial charge in [-0.15, -0.1) is 0 Å². The second-order valence-electron chi connectivity index (χ2n) is 2.80. The number of nitrogen functional groups attached to an aromatic ring is 1. The van der Waals surface area contributed by atoms with E-state index in [1.165, 1.54) is 0 Å². The molecule has 0 amide bonds. The summed E-state index contributed by atoms with van der Waals surface area (Å²) >= 11 is 3.34. The van der Waals surface area contributed by atoms with Crippen LogP contribution in [0.25, 0.3) is 0 Å². The summed E-state index contributed by atoms with van der Waals surface area (Å²) in [7, 11) is 1.81. The molecule has 1 aromatic carbocycles. The fourth-order valence-electron chi connectivity index (χ4n) is 1.12. The Morgan fingerprint density at radius 3 is 2.77 bits per heavy atom. The monoisotopic (exact) mass is 244 g/mol. The van der Waals surface area contributed by atoms with Crippen molar-refractivity contribution in [1.82, 2.24) is 5.32 Å². The first-order chi connectivity index (χ1) is 6.19. The third-order valence-corrected chi connectivity index (χ3v) is 2.64. The van der Waals surface area contributed by atoms with Crippen LogP contribution >= 0.6 is 15.9 Å². The van der Waals surface area contributed by atoms with Crippen LogP contribution < -0.4 is 11.1 Å². The summed E-state index contributed by atoms with van der Waals surface area (Å²) in [4.78, 5) is 0. The first kappa shape index (κ1) is 10.5. The molecule has 0 aromatic heterocycles. The predicted molar refractivity (Wildman–Crippen MR) is 57.4 cm³/mol. The van der Waals surface area contributed by atoms with Gasteiger partial charge in [-0.25, -0.2) is 0 Å². The summed E-state index contributed by atoms with van der Waals surface area (Å²) < 4.78 is 0.860. The number of aliphatic hydroxyl groups is 1. The number of likely N-dealkylation sites (N-methyl/N-ethyl adjacent to an activating group) is 1. The molecule has 0 aliphatic carbocycles. The molecule has 0 aliphatic rings. The van der Waals surface area contributed by atoms with Gasteiger partial charge in [0.05, 0.1) is 12.6 Å². The standard InChI is InChI=1S/C9H13BrN2O/c1-12-9(5-13)6-2-3-8(11)7(10)4-6/h2-4,9,12-13H,5,11H2,1H3. The van der Waals surface area contributed by atoms with Crippen LogP contribution in [0, 0.1) is 0 Å². The lowest BCUT2D eigenvalue weighted by molar-refractivity contribution is 0.251. The van der Waals surface area contributed by atoms with E-state index in [9.17, 15) is 0 Å². The zero-order valence-corrected chi connectivity index (χ0v) is 9.01. The molecule has 0 radical (unpaired) electrons. The van der Waals surface area contributed by atoms with Crippen LogP contribution in [0.4, 0.5) is 5.69 Å². The van der Waals surface area contributed by atoms with Gasteiger partial charge < -0.3 is 16.2 Å². The van der Waals surface area contributed by atoms with Gasteiger partial charge in [-0.1, -0.05) is 6.07 Å². The smallest absolute Gasteiger partial charge is 0.0626 e. The molecule has 1 aromatic rings. The van der Waals surface area contributed by atoms with Crippen molar-refractivity contribution in [2.45, 2.75) is 6.04 Å². The highest BCUT2D eigenvalue weighted by molar-refractivity contribution is 9.10. The van der Waals surface area contributed by atoms with Crippen molar-refractivity contribution in [2.75, 3.05) is 19.4 Å². The maximum atomic E-state index is 9.03. The molecule has 13 heavy (non-hydrogen) atoms. The van der Waals surface area contributed by atoms with Crippen LogP contribution in [0.1, 0.15) is 11.6 Å². The van der Waals surface area contributed by atoms with E-state index in [0.717, 1.165) is 10.0 Å². The summed E-state index contributed by atoms with van der Waals surface area (Å²) in [6.07, 6.45) is 0. The van der Waals surface area contributed by atoms with Gasteiger partial charge in [0.15, 0.2) is 0 Å². The Kier molecular flexibility index (Phi) is 3.71. The summed E-state index contributed by atoms with van der Waals surface area (Å²) in [6.45, 7) is 0.0762. The zero-order chi connectivity index (χ0) is 9.84. The third-order valence-electron chi connectivity index (χ3n) is 1.96. The predicted octanol–water partition coefficient (Wildman–Crippen LogP) is 1.28. The Morgan fingerprint density at radius 2 is 2.31 bits per heavy atom. The van der Waals surface area contributed by atoms with E-state index in [-0.39, 0.29) is 12.6 Å². The van der Waals surface area contributed by atoms with E-state index in [0.29, 0.717) is 5.69 Å². The Labute approximate surface area is 86.1 Å². The Morgan fingerprint density at radius 1 is 1.62 bits per heavy atom. The van der Waals surface area contributed by atoms with Crippen LogP contribution in [0.15, 0.2) is 22.7 Å². The lowest BCUT2D eigenvalue weighted by Crippen LogP contribution is -2.19. The first-order valence-corrected chi connectivity index (χ1v) is 4.81. The van der Waals surface area contributed by atoms with Crippen molar-refractivity contribution in [3.63, 3.8) is 0 Å². The van der Waals surface area contributed by atoms with Crippen LogP contribution in [0.3, 0.4) is 0 Å². The van der Waals surface area contributed by atoms with Crippen LogP contribution in [0.2, 0.25) is 0 Å². The van der Waals surface area contributed by atoms with E-state index in [1.807, 2.05) is 25.2 Å². The van der Waals surface area contributed by atoms with Gasteiger partial charge in [-0.2, -0.15) is 0 Å². The van der Waals surface area contributed by atoms with Crippen LogP contribution in [-0.4, -0.2) is 18.8 Å². The topological polar surface area (TPSA) is 58.3 Å². The summed E-state index contributed by atoms with van der Waals surface area (Å²) in [5.74, 6) is 0. The molecule has 1 unspecified atom stereocenters. The number of nitrogens with two attached hydrogens (primary N) is 1. The first-order valence-electron chi connectivity index (χ1n) is 4.02. The SMILES string of the molecule is CNC(CO)c1ccc(N)c(Br)c1. The van der Waals surface area contributed by atoms with Gasteiger partial charge >= 0.3 is 0 Å². The summed E-state index contributed by atoms with van der Waals surface area (Å²) in [5.41, 5.74) is 7.37. The highest BCUT2D eigenvalue weighted by atomic mass is 79.9. The highest BCUT2D eigenvalue weighted by Crippen LogP contribution is 2.23. The van der Waals surface area contributed by atoms with Crippen LogP contribution in [0.5, 0.6) is 0 Å². The van der Waals surface area contributed by atoms with E-state index in [1.54, 1.807) is 0 Å². The molecular formula is C9H13BrN2O. The minimum Gasteiger partial charge on any atom is -0.398 e. The fourth-order valence-corrected chi connectivity index (χ4v) is 1.52. The number of anilines is 1. The lowest BCUT2D eigenvalue weighted by Gasteiger charge is -2.14. The van der Waals surface area contributed by atoms with Gasteiger partial charge in [-0.3, -0.25) is 0 Å². The second-order valence-corrected chi connectivity index (χ2v) is 3.66. The van der Waals surface area contributed by atoms with Gasteiger partial charge in [0.2, 0.25) is 0 Å². The molecule has 1 rings (SSSR count). The number of rotatable bonds is 3. The number of benzene rings is 1. The van der Waals surface area contributed by atoms with Gasteiger partial charge in [0, 0.05) is 10.2 Å². The van der Waals surface area contributed by atoms with Crippen molar-refractivity contribution in [3.8, 4) is 0 Å². The molecule has 1 atom stereocenters. The van der Waals surface area contributed by atoms with Crippen molar-refractivity contribution in [1.29, 1.82) is 0 Å². The maximum Gasteiger partial charge on any atom is 0.0626 e. The molecule has 4 N–H and O–H groups in total. The van der Waals surface area contributed by atoms with E-state index in [2.05, 4.69) is 21.2 Å². The van der Waals surface area contributed by atoms with Crippen LogP contribution in [-0.2, 0) is 0 Å². The minimum atomic E-state index is -0.0306. The molecule has 0 bridgehead atoms. The highest BCUT2D eigenvalue weighted by Gasteiger charge is 2.08. The van der Waals surface area contributed by atoms with E-state index < -0.39 is 0 Å². The van der Waals surface area contributed by atoms with Crippen molar-refractivity contribution < 1.29 is 5.11 Å². The molecule has 0 aliphatic heterocycles. The average molecular weight is 245 g/mol. The molecule has 0 spiro atoms. The molecule has 72 valence electrons. The number of hydrogen-bond donors (Lipinski definition) is 3. The quantitative estimate of drug-likeness (QED) is 0.703. The Hall–Kier alpha value is -0.580. The molecule has 4 heteroatoms. The number of hydrogen-bond acceptors (Lipinski definition) is 3. The van der Waals surface area contributed by atoms with Crippen molar-refractivity contribution >= 4 is 21.6 Å². The lowest BCUT2D eigenvalue weighted by atomic mass is 10.1. The summed E-state index contributed by atoms with van der Waals surface area (Å²) in [5, 5.41) is 12.0. The minimum absolute atomic E-state index is 0.0306. The summed E-state index contributed by atoms with van der Waals surface area (Å²) in [6, 6.07) is 5.60. The van der Waals surface area contributed by atoms with E-state index >= 15 is 0 Å². The van der Waals surface area contributed by atoms with E-state index in [4.69, 9.17) is 10.8 Å². The van der Waals surface area contributed by atoms with Gasteiger partial charge in [-0.05, 0) is 40.7 Å². The molecule has 3 nitrogen and oxygen atoms in total. The largest absolute Gasteiger partial charge is 0.398 e. The maximum absolute atomic E-state index is 9.03. The van der Waals surface area contributed by atoms with Crippen molar-refractivity contribution in [3.05, 3.63) is 28.2 Å². The number of halogens is 1. The Balaban J connectivity index is 2.95. The molecule has 0 fully saturated rings. The number of nitrogens with one attached hydrogen (secondary N) is 1.